The first-order valence-electron chi connectivity index (χ1n) is 13.3. The molecule has 1 atom stereocenters. The fourth-order valence-electron chi connectivity index (χ4n) is 5.02. The average Bonchev–Trinajstić information content (AvgIpc) is 2.87. The van der Waals surface area contributed by atoms with Gasteiger partial charge in [0.15, 0.2) is 8.32 Å². The van der Waals surface area contributed by atoms with Crippen LogP contribution in [0.5, 0.6) is 0 Å². The second kappa shape index (κ2) is 14.0. The zero-order valence-electron chi connectivity index (χ0n) is 22.8. The highest BCUT2D eigenvalue weighted by atomic mass is 28.4. The van der Waals surface area contributed by atoms with Crippen LogP contribution in [0.15, 0.2) is 72.8 Å². The van der Waals surface area contributed by atoms with Crippen molar-refractivity contribution in [2.24, 2.45) is 0 Å². The van der Waals surface area contributed by atoms with Crippen molar-refractivity contribution in [3.8, 4) is 12.3 Å². The van der Waals surface area contributed by atoms with Gasteiger partial charge in [0.25, 0.3) is 8.32 Å². The van der Waals surface area contributed by atoms with Gasteiger partial charge in [-0.1, -0.05) is 114 Å². The van der Waals surface area contributed by atoms with E-state index in [1.165, 1.54) is 10.4 Å². The van der Waals surface area contributed by atoms with Crippen LogP contribution in [0.25, 0.3) is 0 Å². The second-order valence-corrected chi connectivity index (χ2v) is 19.4. The minimum atomic E-state index is -2.46. The topological polar surface area (TPSA) is 18.5 Å². The third kappa shape index (κ3) is 7.54. The summed E-state index contributed by atoms with van der Waals surface area (Å²) in [5.74, 6) is 2.81. The van der Waals surface area contributed by atoms with Crippen LogP contribution in [0.1, 0.15) is 60.8 Å². The smallest absolute Gasteiger partial charge is 0.261 e. The van der Waals surface area contributed by atoms with E-state index in [0.29, 0.717) is 6.42 Å². The Morgan fingerprint density at radius 3 is 1.83 bits per heavy atom. The van der Waals surface area contributed by atoms with Crippen molar-refractivity contribution in [2.75, 3.05) is 6.61 Å². The zero-order valence-corrected chi connectivity index (χ0v) is 24.8. The van der Waals surface area contributed by atoms with Gasteiger partial charge in [-0.05, 0) is 46.4 Å². The molecule has 4 heteroatoms. The molecule has 0 amide bonds. The minimum Gasteiger partial charge on any atom is -0.410 e. The molecule has 2 aromatic carbocycles. The molecule has 35 heavy (non-hydrogen) atoms. The molecule has 2 nitrogen and oxygen atoms in total. The van der Waals surface area contributed by atoms with Gasteiger partial charge in [-0.15, -0.1) is 12.3 Å². The van der Waals surface area contributed by atoms with Crippen LogP contribution in [0.3, 0.4) is 0 Å². The van der Waals surface area contributed by atoms with E-state index < -0.39 is 16.6 Å². The Morgan fingerprint density at radius 2 is 1.40 bits per heavy atom. The summed E-state index contributed by atoms with van der Waals surface area (Å²) < 4.78 is 13.6. The molecule has 2 rings (SSSR count). The first-order chi connectivity index (χ1) is 16.8. The van der Waals surface area contributed by atoms with E-state index in [4.69, 9.17) is 15.3 Å². The summed E-state index contributed by atoms with van der Waals surface area (Å²) in [4.78, 5) is 0. The van der Waals surface area contributed by atoms with Crippen LogP contribution in [0.4, 0.5) is 0 Å². The molecule has 0 saturated carbocycles. The van der Waals surface area contributed by atoms with E-state index in [2.05, 4.69) is 120 Å². The molecule has 0 heterocycles. The number of unbranched alkanes of at least 4 members (excludes halogenated alkanes) is 1. The van der Waals surface area contributed by atoms with Crippen molar-refractivity contribution >= 4 is 27.0 Å². The highest BCUT2D eigenvalue weighted by Gasteiger charge is 2.49. The third-order valence-electron chi connectivity index (χ3n) is 7.25. The predicted molar refractivity (Wildman–Crippen MR) is 157 cm³/mol. The summed E-state index contributed by atoms with van der Waals surface area (Å²) in [5, 5.41) is 2.67. The monoisotopic (exact) mass is 506 g/mol. The number of benzene rings is 2. The van der Waals surface area contributed by atoms with Gasteiger partial charge in [-0.25, -0.2) is 0 Å². The molecule has 0 radical (unpaired) electrons. The molecule has 0 aliphatic heterocycles. The first kappa shape index (κ1) is 29.3. The number of terminal acetylenes is 1. The Hall–Kier alpha value is -1.91. The van der Waals surface area contributed by atoms with Crippen molar-refractivity contribution in [3.05, 3.63) is 72.8 Å². The normalized spacial score (nSPS) is 13.6. The Balaban J connectivity index is 2.13. The van der Waals surface area contributed by atoms with Crippen molar-refractivity contribution < 1.29 is 8.85 Å². The lowest BCUT2D eigenvalue weighted by molar-refractivity contribution is 0.237. The van der Waals surface area contributed by atoms with E-state index in [-0.39, 0.29) is 11.1 Å². The molecule has 0 aliphatic rings. The Labute approximate surface area is 217 Å². The molecule has 0 saturated heterocycles. The van der Waals surface area contributed by atoms with Crippen molar-refractivity contribution in [2.45, 2.75) is 90.1 Å². The summed E-state index contributed by atoms with van der Waals surface area (Å²) in [6.45, 7) is 14.5. The molecule has 0 aromatic heterocycles. The van der Waals surface area contributed by atoms with Gasteiger partial charge < -0.3 is 8.85 Å². The SMILES string of the molecule is C#CC[C@@H](/C=C/CCCO[Si](c1ccccc1)(c1ccccc1)C(C)(C)C)O[Si](CC)(CC)CC. The van der Waals surface area contributed by atoms with Gasteiger partial charge in [-0.3, -0.25) is 0 Å². The molecular weight excluding hydrogens is 461 g/mol. The van der Waals surface area contributed by atoms with Crippen LogP contribution < -0.4 is 10.4 Å². The zero-order chi connectivity index (χ0) is 25.8. The van der Waals surface area contributed by atoms with E-state index >= 15 is 0 Å². The van der Waals surface area contributed by atoms with Gasteiger partial charge in [0, 0.05) is 13.0 Å². The lowest BCUT2D eigenvalue weighted by Gasteiger charge is -2.43. The van der Waals surface area contributed by atoms with Crippen LogP contribution in [0, 0.1) is 12.3 Å². The molecule has 0 fully saturated rings. The molecule has 0 bridgehead atoms. The maximum Gasteiger partial charge on any atom is 0.261 e. The van der Waals surface area contributed by atoms with Gasteiger partial charge in [0.05, 0.1) is 6.10 Å². The summed E-state index contributed by atoms with van der Waals surface area (Å²) in [6, 6.07) is 25.1. The quantitative estimate of drug-likeness (QED) is 0.116. The van der Waals surface area contributed by atoms with E-state index in [1.54, 1.807) is 0 Å². The number of hydrogen-bond acceptors (Lipinski definition) is 2. The van der Waals surface area contributed by atoms with Gasteiger partial charge in [0.2, 0.25) is 0 Å². The van der Waals surface area contributed by atoms with Crippen LogP contribution in [-0.2, 0) is 8.85 Å². The van der Waals surface area contributed by atoms with Crippen LogP contribution in [0.2, 0.25) is 23.2 Å². The second-order valence-electron chi connectivity index (χ2n) is 10.4. The first-order valence-corrected chi connectivity index (χ1v) is 17.7. The highest BCUT2D eigenvalue weighted by molar-refractivity contribution is 6.99. The van der Waals surface area contributed by atoms with Crippen molar-refractivity contribution in [1.29, 1.82) is 0 Å². The maximum atomic E-state index is 7.00. The van der Waals surface area contributed by atoms with Crippen LogP contribution >= 0.6 is 0 Å². The lowest BCUT2D eigenvalue weighted by atomic mass is 10.2. The summed E-state index contributed by atoms with van der Waals surface area (Å²) in [6.07, 6.45) is 12.7. The molecule has 2 aromatic rings. The number of hydrogen-bond donors (Lipinski definition) is 0. The van der Waals surface area contributed by atoms with Gasteiger partial charge in [0.1, 0.15) is 0 Å². The Kier molecular flexibility index (Phi) is 11.7. The average molecular weight is 507 g/mol. The molecular formula is C31H46O2Si2. The Bertz CT molecular complexity index is 874. The summed E-state index contributed by atoms with van der Waals surface area (Å²) >= 11 is 0. The van der Waals surface area contributed by atoms with Crippen LogP contribution in [-0.4, -0.2) is 29.3 Å². The standard InChI is InChI=1S/C31H46O2Si2/c1-8-21-28(33-34(9-2,10-3)11-4)22-15-14-20-27-32-35(31(5,6)7,29-23-16-12-17-24-29)30-25-18-13-19-26-30/h1,12-13,15-19,22-26,28H,9-11,14,20-21,27H2,2-7H3/b22-15+/t28-/m0/s1. The largest absolute Gasteiger partial charge is 0.410 e. The van der Waals surface area contributed by atoms with Crippen molar-refractivity contribution in [1.82, 2.24) is 0 Å². The van der Waals surface area contributed by atoms with Gasteiger partial charge in [-0.2, -0.15) is 0 Å². The fraction of sp³-hybridized carbons (Fsp3) is 0.484. The highest BCUT2D eigenvalue weighted by Crippen LogP contribution is 2.36. The van der Waals surface area contributed by atoms with Gasteiger partial charge >= 0.3 is 0 Å². The molecule has 0 unspecified atom stereocenters. The van der Waals surface area contributed by atoms with E-state index in [1.807, 2.05) is 0 Å². The lowest BCUT2D eigenvalue weighted by Crippen LogP contribution is -2.66. The van der Waals surface area contributed by atoms with Crippen molar-refractivity contribution in [3.63, 3.8) is 0 Å². The molecule has 0 spiro atoms. The molecule has 0 N–H and O–H groups in total. The summed E-state index contributed by atoms with van der Waals surface area (Å²) in [7, 11) is -4.14. The maximum absolute atomic E-state index is 7.00. The molecule has 190 valence electrons. The Morgan fingerprint density at radius 1 is 0.886 bits per heavy atom. The minimum absolute atomic E-state index is 0.00565. The third-order valence-corrected chi connectivity index (χ3v) is 17.0. The van der Waals surface area contributed by atoms with E-state index in [9.17, 15) is 0 Å². The predicted octanol–water partition coefficient (Wildman–Crippen LogP) is 7.31. The number of allylic oxidation sites excluding steroid dienone is 1. The molecule has 0 aliphatic carbocycles. The number of rotatable bonds is 14. The van der Waals surface area contributed by atoms with E-state index in [0.717, 1.165) is 37.6 Å². The summed E-state index contributed by atoms with van der Waals surface area (Å²) in [5.41, 5.74) is 0. The fourth-order valence-corrected chi connectivity index (χ4v) is 12.4.